The summed E-state index contributed by atoms with van der Waals surface area (Å²) in [5.74, 6) is 0.991. The zero-order valence-corrected chi connectivity index (χ0v) is 16.6. The number of aromatic nitrogens is 1. The van der Waals surface area contributed by atoms with E-state index in [9.17, 15) is 9.18 Å². The number of fused-ring (bicyclic) bond motifs is 1. The van der Waals surface area contributed by atoms with Gasteiger partial charge >= 0.3 is 0 Å². The lowest BCUT2D eigenvalue weighted by Crippen LogP contribution is -2.30. The Morgan fingerprint density at radius 2 is 2.21 bits per heavy atom. The highest BCUT2D eigenvalue weighted by Crippen LogP contribution is 2.40. The highest BCUT2D eigenvalue weighted by Gasteiger charge is 2.28. The van der Waals surface area contributed by atoms with E-state index in [-0.39, 0.29) is 17.9 Å². The van der Waals surface area contributed by atoms with Crippen molar-refractivity contribution in [3.8, 4) is 17.4 Å². The molecular formula is C21H24FN3O4. The summed E-state index contributed by atoms with van der Waals surface area (Å²) in [4.78, 5) is 19.7. The Bertz CT molecular complexity index is 907. The number of pyridine rings is 1. The van der Waals surface area contributed by atoms with E-state index >= 15 is 0 Å². The smallest absolute Gasteiger partial charge is 0.250 e. The highest BCUT2D eigenvalue weighted by molar-refractivity contribution is 5.76. The molecule has 1 aromatic heterocycles. The van der Waals surface area contributed by atoms with Crippen LogP contribution in [0.1, 0.15) is 19.8 Å². The van der Waals surface area contributed by atoms with E-state index in [1.54, 1.807) is 6.20 Å². The molecule has 29 heavy (non-hydrogen) atoms. The van der Waals surface area contributed by atoms with Gasteiger partial charge in [-0.05, 0) is 12.1 Å². The Labute approximate surface area is 169 Å². The molecule has 1 aromatic carbocycles. The normalized spacial score (nSPS) is 18.2. The van der Waals surface area contributed by atoms with Crippen LogP contribution in [0.5, 0.6) is 17.4 Å². The van der Waals surface area contributed by atoms with Crippen molar-refractivity contribution in [2.24, 2.45) is 0 Å². The van der Waals surface area contributed by atoms with Gasteiger partial charge in [0.25, 0.3) is 0 Å². The van der Waals surface area contributed by atoms with Crippen molar-refractivity contribution in [2.45, 2.75) is 25.9 Å². The minimum Gasteiger partial charge on any atom is -0.490 e. The zero-order valence-electron chi connectivity index (χ0n) is 16.6. The molecule has 1 saturated heterocycles. The average molecular weight is 401 g/mol. The minimum absolute atomic E-state index is 0.0354. The Hall–Kier alpha value is -3.03. The van der Waals surface area contributed by atoms with Gasteiger partial charge in [-0.15, -0.1) is 0 Å². The summed E-state index contributed by atoms with van der Waals surface area (Å²) in [7, 11) is 1.39. The number of nitrogens with zero attached hydrogens (tertiary/aromatic N) is 3. The number of amides is 1. The summed E-state index contributed by atoms with van der Waals surface area (Å²) in [5.41, 5.74) is 1.41. The number of carbonyl (C=O) groups excluding carboxylic acids is 1. The molecule has 7 nitrogen and oxygen atoms in total. The molecule has 0 radical (unpaired) electrons. The largest absolute Gasteiger partial charge is 0.490 e. The monoisotopic (exact) mass is 401 g/mol. The van der Waals surface area contributed by atoms with Crippen LogP contribution in [0.15, 0.2) is 30.5 Å². The standard InChI is InChI=1S/C21H24FN3O4/c1-3-20(26)24-7-6-16(13-24)29-15-4-5-19-18(11-15)25(8-9-28-19)14-10-17(22)21(27-2)23-12-14/h4-5,10-12,16H,3,6-9,13H2,1-2H3. The van der Waals surface area contributed by atoms with Crippen molar-refractivity contribution in [3.05, 3.63) is 36.3 Å². The van der Waals surface area contributed by atoms with E-state index < -0.39 is 5.82 Å². The van der Waals surface area contributed by atoms with Crippen molar-refractivity contribution >= 4 is 17.3 Å². The molecule has 0 N–H and O–H groups in total. The SMILES string of the molecule is CCC(=O)N1CCC(Oc2ccc3c(c2)N(c2cnc(OC)c(F)c2)CCO3)C1. The lowest BCUT2D eigenvalue weighted by atomic mass is 10.2. The van der Waals surface area contributed by atoms with Crippen molar-refractivity contribution < 1.29 is 23.4 Å². The topological polar surface area (TPSA) is 64.1 Å². The van der Waals surface area contributed by atoms with Gasteiger partial charge in [0.15, 0.2) is 5.82 Å². The molecule has 1 amide bonds. The Morgan fingerprint density at radius 1 is 1.34 bits per heavy atom. The maximum absolute atomic E-state index is 14.2. The van der Waals surface area contributed by atoms with Crippen LogP contribution >= 0.6 is 0 Å². The predicted molar refractivity (Wildman–Crippen MR) is 106 cm³/mol. The lowest BCUT2D eigenvalue weighted by Gasteiger charge is -2.31. The van der Waals surface area contributed by atoms with Gasteiger partial charge in [0.2, 0.25) is 11.8 Å². The number of anilines is 2. The van der Waals surface area contributed by atoms with Gasteiger partial charge in [-0.3, -0.25) is 4.79 Å². The van der Waals surface area contributed by atoms with Crippen LogP contribution in [0.3, 0.4) is 0 Å². The van der Waals surface area contributed by atoms with Crippen molar-refractivity contribution in [1.82, 2.24) is 9.88 Å². The predicted octanol–water partition coefficient (Wildman–Crippen LogP) is 3.15. The van der Waals surface area contributed by atoms with E-state index in [0.29, 0.717) is 49.8 Å². The number of carbonyl (C=O) groups is 1. The van der Waals surface area contributed by atoms with Crippen LogP contribution in [-0.4, -0.2) is 55.2 Å². The maximum Gasteiger partial charge on any atom is 0.250 e. The van der Waals surface area contributed by atoms with E-state index in [4.69, 9.17) is 14.2 Å². The summed E-state index contributed by atoms with van der Waals surface area (Å²) in [5, 5.41) is 0. The molecule has 0 aliphatic carbocycles. The number of hydrogen-bond donors (Lipinski definition) is 0. The van der Waals surface area contributed by atoms with Gasteiger partial charge in [0.05, 0.1) is 37.8 Å². The highest BCUT2D eigenvalue weighted by atomic mass is 19.1. The first-order valence-corrected chi connectivity index (χ1v) is 9.77. The molecule has 3 heterocycles. The molecule has 0 spiro atoms. The molecule has 0 bridgehead atoms. The van der Waals surface area contributed by atoms with Gasteiger partial charge in [0, 0.05) is 31.5 Å². The van der Waals surface area contributed by atoms with Crippen LogP contribution in [0, 0.1) is 5.82 Å². The second-order valence-electron chi connectivity index (χ2n) is 7.04. The summed E-state index contributed by atoms with van der Waals surface area (Å²) in [6, 6.07) is 7.01. The van der Waals surface area contributed by atoms with Gasteiger partial charge in [0.1, 0.15) is 24.2 Å². The molecule has 8 heteroatoms. The first kappa shape index (κ1) is 19.3. The molecule has 1 atom stereocenters. The number of rotatable bonds is 5. The van der Waals surface area contributed by atoms with Crippen LogP contribution in [0.25, 0.3) is 0 Å². The van der Waals surface area contributed by atoms with Crippen LogP contribution in [-0.2, 0) is 4.79 Å². The first-order chi connectivity index (χ1) is 14.1. The fourth-order valence-corrected chi connectivity index (χ4v) is 3.72. The van der Waals surface area contributed by atoms with Crippen LogP contribution in [0.4, 0.5) is 15.8 Å². The van der Waals surface area contributed by atoms with E-state index in [1.807, 2.05) is 34.9 Å². The summed E-state index contributed by atoms with van der Waals surface area (Å²) in [6.45, 7) is 4.22. The Kier molecular flexibility index (Phi) is 5.42. The summed E-state index contributed by atoms with van der Waals surface area (Å²) in [6.07, 6.45) is 2.85. The first-order valence-electron chi connectivity index (χ1n) is 9.77. The molecule has 4 rings (SSSR count). The minimum atomic E-state index is -0.517. The Morgan fingerprint density at radius 3 is 2.97 bits per heavy atom. The number of benzene rings is 1. The van der Waals surface area contributed by atoms with E-state index in [1.165, 1.54) is 13.2 Å². The molecule has 2 aromatic rings. The van der Waals surface area contributed by atoms with Crippen molar-refractivity contribution in [1.29, 1.82) is 0 Å². The van der Waals surface area contributed by atoms with Gasteiger partial charge < -0.3 is 24.0 Å². The molecular weight excluding hydrogens is 377 g/mol. The summed E-state index contributed by atoms with van der Waals surface area (Å²) < 4.78 is 30.9. The number of hydrogen-bond acceptors (Lipinski definition) is 6. The van der Waals surface area contributed by atoms with Gasteiger partial charge in [-0.1, -0.05) is 6.92 Å². The molecule has 2 aliphatic heterocycles. The lowest BCUT2D eigenvalue weighted by molar-refractivity contribution is -0.130. The number of methoxy groups -OCH3 is 1. The number of ether oxygens (including phenoxy) is 3. The third kappa shape index (κ3) is 3.92. The van der Waals surface area contributed by atoms with Crippen LogP contribution < -0.4 is 19.1 Å². The van der Waals surface area contributed by atoms with E-state index in [2.05, 4.69) is 4.98 Å². The average Bonchev–Trinajstić information content (AvgIpc) is 3.21. The fourth-order valence-electron chi connectivity index (χ4n) is 3.72. The van der Waals surface area contributed by atoms with Gasteiger partial charge in [-0.2, -0.15) is 0 Å². The molecule has 1 fully saturated rings. The third-order valence-electron chi connectivity index (χ3n) is 5.19. The third-order valence-corrected chi connectivity index (χ3v) is 5.19. The molecule has 1 unspecified atom stereocenters. The quantitative estimate of drug-likeness (QED) is 0.767. The maximum atomic E-state index is 14.2. The Balaban J connectivity index is 1.54. The fraction of sp³-hybridized carbons (Fsp3) is 0.429. The second kappa shape index (κ2) is 8.14. The second-order valence-corrected chi connectivity index (χ2v) is 7.04. The van der Waals surface area contributed by atoms with Crippen molar-refractivity contribution in [2.75, 3.05) is 38.3 Å². The van der Waals surface area contributed by atoms with Crippen molar-refractivity contribution in [3.63, 3.8) is 0 Å². The number of likely N-dealkylation sites (tertiary alicyclic amines) is 1. The van der Waals surface area contributed by atoms with Gasteiger partial charge in [-0.25, -0.2) is 9.37 Å². The van der Waals surface area contributed by atoms with Crippen LogP contribution in [0.2, 0.25) is 0 Å². The number of halogens is 1. The molecule has 2 aliphatic rings. The zero-order chi connectivity index (χ0) is 20.4. The van der Waals surface area contributed by atoms with E-state index in [0.717, 1.165) is 12.1 Å². The summed E-state index contributed by atoms with van der Waals surface area (Å²) >= 11 is 0. The molecule has 154 valence electrons. The molecule has 0 saturated carbocycles.